The normalized spacial score (nSPS) is 51.7. The van der Waals surface area contributed by atoms with Crippen LogP contribution in [-0.4, -0.2) is 37.9 Å². The molecule has 0 aromatic rings. The average Bonchev–Trinajstić information content (AvgIpc) is 2.79. The lowest BCUT2D eigenvalue weighted by atomic mass is 9.49. The Bertz CT molecular complexity index is 717. The molecular weight excluding hydrogens is 416 g/mol. The number of nitrogens with one attached hydrogen (secondary N) is 2. The zero-order chi connectivity index (χ0) is 22.9. The third kappa shape index (κ3) is 3.67. The van der Waals surface area contributed by atoms with Gasteiger partial charge in [-0.3, -0.25) is 9.98 Å². The summed E-state index contributed by atoms with van der Waals surface area (Å²) in [6.45, 7) is 0. The third-order valence-corrected chi connectivity index (χ3v) is 11.9. The van der Waals surface area contributed by atoms with E-state index in [0.29, 0.717) is 22.9 Å². The summed E-state index contributed by atoms with van der Waals surface area (Å²) in [6, 6.07) is 1.15. The molecule has 2 atom stereocenters. The molecule has 0 spiro atoms. The Morgan fingerprint density at radius 3 is 1.15 bits per heavy atom. The van der Waals surface area contributed by atoms with E-state index in [0.717, 1.165) is 35.5 Å². The van der Waals surface area contributed by atoms with Gasteiger partial charge in [0, 0.05) is 37.0 Å². The zero-order valence-corrected chi connectivity index (χ0v) is 21.8. The molecule has 188 valence electrons. The van der Waals surface area contributed by atoms with Crippen molar-refractivity contribution in [3.63, 3.8) is 0 Å². The molecule has 0 aromatic carbocycles. The van der Waals surface area contributed by atoms with Crippen molar-refractivity contribution in [3.05, 3.63) is 0 Å². The third-order valence-electron chi connectivity index (χ3n) is 11.9. The topological polar surface area (TPSA) is 48.8 Å². The molecule has 0 heterocycles. The van der Waals surface area contributed by atoms with Crippen molar-refractivity contribution in [3.8, 4) is 0 Å². The van der Waals surface area contributed by atoms with Crippen LogP contribution >= 0.6 is 0 Å². The van der Waals surface area contributed by atoms with E-state index in [9.17, 15) is 0 Å². The molecule has 4 heteroatoms. The molecule has 9 fully saturated rings. The van der Waals surface area contributed by atoms with Crippen LogP contribution in [0, 0.1) is 46.3 Å². The molecule has 2 unspecified atom stereocenters. The minimum Gasteiger partial charge on any atom is -0.371 e. The van der Waals surface area contributed by atoms with Crippen molar-refractivity contribution in [1.82, 2.24) is 10.6 Å². The van der Waals surface area contributed by atoms with Crippen LogP contribution < -0.4 is 10.6 Å². The minimum atomic E-state index is 0.388. The molecule has 9 rings (SSSR count). The fourth-order valence-corrected chi connectivity index (χ4v) is 11.5. The van der Waals surface area contributed by atoms with Crippen LogP contribution in [0.2, 0.25) is 0 Å². The molecule has 0 saturated heterocycles. The second kappa shape index (κ2) is 8.23. The highest BCUT2D eigenvalue weighted by Crippen LogP contribution is 2.61. The molecule has 0 aromatic heterocycles. The highest BCUT2D eigenvalue weighted by atomic mass is 15.1. The summed E-state index contributed by atoms with van der Waals surface area (Å²) in [5.74, 6) is 8.67. The first-order valence-corrected chi connectivity index (χ1v) is 15.0. The first-order chi connectivity index (χ1) is 16.5. The lowest BCUT2D eigenvalue weighted by molar-refractivity contribution is -0.0151. The average molecular weight is 465 g/mol. The van der Waals surface area contributed by atoms with Crippen molar-refractivity contribution in [2.75, 3.05) is 14.1 Å². The Hall–Kier alpha value is -1.06. The van der Waals surface area contributed by atoms with Crippen LogP contribution in [0.3, 0.4) is 0 Å². The molecule has 9 aliphatic carbocycles. The van der Waals surface area contributed by atoms with Gasteiger partial charge >= 0.3 is 0 Å². The van der Waals surface area contributed by atoms with Crippen molar-refractivity contribution >= 4 is 11.7 Å². The summed E-state index contributed by atoms with van der Waals surface area (Å²) >= 11 is 0. The lowest BCUT2D eigenvalue weighted by Crippen LogP contribution is -2.58. The van der Waals surface area contributed by atoms with Gasteiger partial charge in [0.15, 0.2) is 0 Å². The van der Waals surface area contributed by atoms with Crippen LogP contribution in [-0.2, 0) is 0 Å². The first kappa shape index (κ1) is 22.2. The maximum Gasteiger partial charge on any atom is 0.102 e. The van der Waals surface area contributed by atoms with Gasteiger partial charge in [0.2, 0.25) is 0 Å². The van der Waals surface area contributed by atoms with E-state index in [-0.39, 0.29) is 0 Å². The largest absolute Gasteiger partial charge is 0.371 e. The van der Waals surface area contributed by atoms with Crippen LogP contribution in [0.25, 0.3) is 0 Å². The Labute approximate surface area is 207 Å². The lowest BCUT2D eigenvalue weighted by Gasteiger charge is -2.57. The van der Waals surface area contributed by atoms with Crippen LogP contribution in [0.5, 0.6) is 0 Å². The second-order valence-electron chi connectivity index (χ2n) is 14.4. The van der Waals surface area contributed by atoms with E-state index in [1.165, 1.54) is 114 Å². The number of rotatable bonds is 4. The Morgan fingerprint density at radius 1 is 0.529 bits per heavy atom. The molecule has 8 bridgehead atoms. The van der Waals surface area contributed by atoms with Crippen molar-refractivity contribution in [1.29, 1.82) is 0 Å². The van der Waals surface area contributed by atoms with Gasteiger partial charge < -0.3 is 10.6 Å². The van der Waals surface area contributed by atoms with E-state index in [1.807, 2.05) is 0 Å². The van der Waals surface area contributed by atoms with E-state index < -0.39 is 0 Å². The predicted molar refractivity (Wildman–Crippen MR) is 140 cm³/mol. The molecule has 0 amide bonds. The van der Waals surface area contributed by atoms with Gasteiger partial charge in [0.1, 0.15) is 11.7 Å². The van der Waals surface area contributed by atoms with E-state index >= 15 is 0 Å². The van der Waals surface area contributed by atoms with Crippen LogP contribution in [0.4, 0.5) is 0 Å². The molecule has 34 heavy (non-hydrogen) atoms. The predicted octanol–water partition coefficient (Wildman–Crippen LogP) is 5.97. The van der Waals surface area contributed by atoms with Crippen molar-refractivity contribution < 1.29 is 0 Å². The smallest absolute Gasteiger partial charge is 0.102 e. The Balaban J connectivity index is 1.02. The number of nitrogens with zero attached hydrogens (tertiary/aromatic N) is 2. The van der Waals surface area contributed by atoms with Gasteiger partial charge in [-0.05, 0) is 138 Å². The summed E-state index contributed by atoms with van der Waals surface area (Å²) in [6.07, 6.45) is 22.7. The molecule has 0 radical (unpaired) electrons. The molecule has 9 saturated carbocycles. The SMILES string of the molecule is CN=C(NC1CCCC(NC(=NC)C23CC4CC(CC(C4)C2)C3)C1)C12CC3CC(CC(C3)C1)C2. The molecule has 0 aliphatic heterocycles. The highest BCUT2D eigenvalue weighted by molar-refractivity contribution is 5.89. The Kier molecular flexibility index (Phi) is 5.37. The zero-order valence-electron chi connectivity index (χ0n) is 21.8. The number of hydrogen-bond donors (Lipinski definition) is 2. The monoisotopic (exact) mass is 464 g/mol. The number of amidine groups is 2. The van der Waals surface area contributed by atoms with Crippen LogP contribution in [0.15, 0.2) is 9.98 Å². The van der Waals surface area contributed by atoms with Gasteiger partial charge in [-0.2, -0.15) is 0 Å². The van der Waals surface area contributed by atoms with Crippen molar-refractivity contribution in [2.24, 2.45) is 56.3 Å². The van der Waals surface area contributed by atoms with E-state index in [2.05, 4.69) is 24.7 Å². The fourth-order valence-electron chi connectivity index (χ4n) is 11.5. The number of hydrogen-bond acceptors (Lipinski definition) is 2. The summed E-state index contributed by atoms with van der Waals surface area (Å²) in [7, 11) is 4.13. The molecular formula is C30H48N4. The standard InChI is InChI=1S/C30H48N4/c1-31-27(29-13-19-6-20(14-29)8-21(7-19)15-29)33-25-4-3-5-26(12-25)34-28(32-2)30-16-22-9-23(17-30)11-24(10-22)18-30/h19-26H,3-18H2,1-2H3,(H,31,33)(H,32,34). The molecule has 4 nitrogen and oxygen atoms in total. The minimum absolute atomic E-state index is 0.388. The first-order valence-electron chi connectivity index (χ1n) is 15.0. The highest BCUT2D eigenvalue weighted by Gasteiger charge is 2.55. The van der Waals surface area contributed by atoms with Gasteiger partial charge in [-0.25, -0.2) is 0 Å². The molecule has 9 aliphatic rings. The quantitative estimate of drug-likeness (QED) is 0.398. The summed E-state index contributed by atoms with van der Waals surface area (Å²) in [4.78, 5) is 9.93. The van der Waals surface area contributed by atoms with Gasteiger partial charge in [-0.15, -0.1) is 0 Å². The number of aliphatic imine (C=N–C) groups is 2. The summed E-state index contributed by atoms with van der Waals surface area (Å²) in [5.41, 5.74) is 0.776. The maximum atomic E-state index is 4.96. The fraction of sp³-hybridized carbons (Fsp3) is 0.933. The van der Waals surface area contributed by atoms with E-state index in [1.54, 1.807) is 0 Å². The van der Waals surface area contributed by atoms with Crippen LogP contribution in [0.1, 0.15) is 103 Å². The maximum absolute atomic E-state index is 4.96. The summed E-state index contributed by atoms with van der Waals surface area (Å²) in [5, 5.41) is 8.18. The van der Waals surface area contributed by atoms with Crippen molar-refractivity contribution in [2.45, 2.75) is 115 Å². The summed E-state index contributed by atoms with van der Waals surface area (Å²) < 4.78 is 0. The second-order valence-corrected chi connectivity index (χ2v) is 14.4. The molecule has 2 N–H and O–H groups in total. The Morgan fingerprint density at radius 2 is 0.853 bits per heavy atom. The van der Waals surface area contributed by atoms with Gasteiger partial charge in [0.05, 0.1) is 0 Å². The van der Waals surface area contributed by atoms with Gasteiger partial charge in [-0.1, -0.05) is 0 Å². The van der Waals surface area contributed by atoms with E-state index in [4.69, 9.17) is 9.98 Å². The van der Waals surface area contributed by atoms with Gasteiger partial charge in [0.25, 0.3) is 0 Å².